The Labute approximate surface area is 201 Å². The zero-order valence-corrected chi connectivity index (χ0v) is 20.9. The van der Waals surface area contributed by atoms with Crippen molar-refractivity contribution in [2.45, 2.75) is 52.4 Å². The number of carbonyl (C=O) groups excluding carboxylic acids is 1. The van der Waals surface area contributed by atoms with Gasteiger partial charge in [-0.25, -0.2) is 4.98 Å². The number of nitrogens with one attached hydrogen (secondary N) is 2. The van der Waals surface area contributed by atoms with Crippen molar-refractivity contribution in [2.75, 3.05) is 26.7 Å². The van der Waals surface area contributed by atoms with Crippen LogP contribution in [0.2, 0.25) is 0 Å². The Morgan fingerprint density at radius 2 is 1.97 bits per heavy atom. The van der Waals surface area contributed by atoms with Crippen molar-refractivity contribution in [1.29, 1.82) is 0 Å². The first-order chi connectivity index (χ1) is 16.4. The summed E-state index contributed by atoms with van der Waals surface area (Å²) in [6, 6.07) is 6.93. The van der Waals surface area contributed by atoms with Gasteiger partial charge in [0, 0.05) is 48.1 Å². The van der Waals surface area contributed by atoms with Gasteiger partial charge in [-0.1, -0.05) is 19.9 Å². The molecule has 3 aromatic heterocycles. The van der Waals surface area contributed by atoms with E-state index in [2.05, 4.69) is 71.8 Å². The fourth-order valence-electron chi connectivity index (χ4n) is 5.59. The maximum atomic E-state index is 12.2. The number of aryl methyl sites for hydroxylation is 1. The van der Waals surface area contributed by atoms with Crippen LogP contribution in [0, 0.1) is 13.8 Å². The summed E-state index contributed by atoms with van der Waals surface area (Å²) in [5.74, 6) is 1.08. The largest absolute Gasteiger partial charge is 0.354 e. The van der Waals surface area contributed by atoms with Gasteiger partial charge in [-0.05, 0) is 80.0 Å². The molecular weight excluding hydrogens is 422 g/mol. The molecule has 4 aromatic rings. The maximum absolute atomic E-state index is 12.2. The molecular formula is C28H35N5O. The van der Waals surface area contributed by atoms with Gasteiger partial charge in [-0.2, -0.15) is 0 Å². The first-order valence-corrected chi connectivity index (χ1v) is 12.4. The first-order valence-electron chi connectivity index (χ1n) is 12.4. The molecule has 2 N–H and O–H groups in total. The predicted octanol–water partition coefficient (Wildman–Crippen LogP) is 5.15. The van der Waals surface area contributed by atoms with Crippen molar-refractivity contribution in [3.63, 3.8) is 0 Å². The summed E-state index contributed by atoms with van der Waals surface area (Å²) in [6.45, 7) is 11.0. The van der Waals surface area contributed by atoms with E-state index in [0.29, 0.717) is 18.4 Å². The Balaban J connectivity index is 1.53. The fraction of sp³-hybridized carbons (Fsp3) is 0.429. The van der Waals surface area contributed by atoms with E-state index >= 15 is 0 Å². The fourth-order valence-corrected chi connectivity index (χ4v) is 5.59. The molecule has 5 rings (SSSR count). The molecule has 1 fully saturated rings. The van der Waals surface area contributed by atoms with Crippen LogP contribution < -0.4 is 5.32 Å². The highest BCUT2D eigenvalue weighted by atomic mass is 16.2. The summed E-state index contributed by atoms with van der Waals surface area (Å²) in [6.07, 6.45) is 8.13. The third-order valence-electron chi connectivity index (χ3n) is 7.60. The molecule has 0 spiro atoms. The van der Waals surface area contributed by atoms with E-state index in [9.17, 15) is 4.79 Å². The van der Waals surface area contributed by atoms with Crippen molar-refractivity contribution < 1.29 is 4.79 Å². The molecule has 34 heavy (non-hydrogen) atoms. The highest BCUT2D eigenvalue weighted by Crippen LogP contribution is 2.40. The van der Waals surface area contributed by atoms with Gasteiger partial charge in [0.15, 0.2) is 0 Å². The average Bonchev–Trinajstić information content (AvgIpc) is 3.45. The van der Waals surface area contributed by atoms with Crippen LogP contribution in [0.3, 0.4) is 0 Å². The van der Waals surface area contributed by atoms with E-state index in [1.54, 1.807) is 0 Å². The normalized spacial score (nSPS) is 15.2. The number of benzene rings is 1. The number of hydrogen-bond acceptors (Lipinski definition) is 3. The molecule has 0 unspecified atom stereocenters. The molecule has 0 atom stereocenters. The van der Waals surface area contributed by atoms with Crippen molar-refractivity contribution in [3.05, 3.63) is 59.0 Å². The molecule has 1 amide bonds. The van der Waals surface area contributed by atoms with Crippen molar-refractivity contribution >= 4 is 22.5 Å². The average molecular weight is 458 g/mol. The molecule has 4 heterocycles. The summed E-state index contributed by atoms with van der Waals surface area (Å²) in [4.78, 5) is 22.5. The number of nitrogens with zero attached hydrogens (tertiary/aromatic N) is 3. The Hall–Kier alpha value is -3.12. The van der Waals surface area contributed by atoms with Crippen LogP contribution in [-0.4, -0.2) is 51.9 Å². The van der Waals surface area contributed by atoms with E-state index in [4.69, 9.17) is 0 Å². The number of rotatable bonds is 5. The van der Waals surface area contributed by atoms with Gasteiger partial charge in [0.1, 0.15) is 5.65 Å². The number of pyridine rings is 1. The lowest BCUT2D eigenvalue weighted by molar-refractivity contribution is -0.131. The Kier molecular flexibility index (Phi) is 5.94. The van der Waals surface area contributed by atoms with Gasteiger partial charge >= 0.3 is 0 Å². The quantitative estimate of drug-likeness (QED) is 0.436. The molecule has 6 heteroatoms. The highest BCUT2D eigenvalue weighted by molar-refractivity contribution is 5.92. The minimum Gasteiger partial charge on any atom is -0.354 e. The number of fused-ring (bicyclic) bond motifs is 2. The van der Waals surface area contributed by atoms with Gasteiger partial charge in [-0.3, -0.25) is 4.79 Å². The minimum absolute atomic E-state index is 0.203. The smallest absolute Gasteiger partial charge is 0.236 e. The van der Waals surface area contributed by atoms with Crippen molar-refractivity contribution in [2.24, 2.45) is 0 Å². The van der Waals surface area contributed by atoms with Crippen LogP contribution in [0.5, 0.6) is 0 Å². The second-order valence-electron chi connectivity index (χ2n) is 10.0. The van der Waals surface area contributed by atoms with Crippen LogP contribution in [0.4, 0.5) is 0 Å². The lowest BCUT2D eigenvalue weighted by atomic mass is 9.87. The predicted molar refractivity (Wildman–Crippen MR) is 139 cm³/mol. The van der Waals surface area contributed by atoms with E-state index in [1.165, 1.54) is 44.4 Å². The van der Waals surface area contributed by atoms with Crippen LogP contribution in [0.15, 0.2) is 36.8 Å². The molecule has 1 saturated heterocycles. The molecule has 0 bridgehead atoms. The lowest BCUT2D eigenvalue weighted by Crippen LogP contribution is -2.41. The molecule has 0 saturated carbocycles. The number of likely N-dealkylation sites (tertiary alicyclic amines) is 1. The summed E-state index contributed by atoms with van der Waals surface area (Å²) < 4.78 is 2.13. The summed E-state index contributed by atoms with van der Waals surface area (Å²) in [5, 5.41) is 4.29. The van der Waals surface area contributed by atoms with E-state index in [0.717, 1.165) is 31.6 Å². The molecule has 0 aliphatic carbocycles. The SMILES string of the molecule is CNCC(=O)N1CCC(c2ccc3[nH]c(-c4cn5ccnc5c(C)c4C)c(C(C)C)c3c2)CC1. The zero-order chi connectivity index (χ0) is 24.0. The zero-order valence-electron chi connectivity index (χ0n) is 20.9. The van der Waals surface area contributed by atoms with Crippen LogP contribution >= 0.6 is 0 Å². The Morgan fingerprint density at radius 3 is 2.68 bits per heavy atom. The van der Waals surface area contributed by atoms with Gasteiger partial charge in [-0.15, -0.1) is 0 Å². The van der Waals surface area contributed by atoms with E-state index < -0.39 is 0 Å². The Bertz CT molecular complexity index is 1350. The second kappa shape index (κ2) is 8.91. The summed E-state index contributed by atoms with van der Waals surface area (Å²) in [5.41, 5.74) is 9.91. The van der Waals surface area contributed by atoms with Gasteiger partial charge in [0.2, 0.25) is 5.91 Å². The second-order valence-corrected chi connectivity index (χ2v) is 10.0. The Morgan fingerprint density at radius 1 is 1.21 bits per heavy atom. The van der Waals surface area contributed by atoms with Crippen molar-refractivity contribution in [1.82, 2.24) is 24.6 Å². The monoisotopic (exact) mass is 457 g/mol. The first kappa shape index (κ1) is 22.7. The topological polar surface area (TPSA) is 65.4 Å². The standard InChI is InChI=1S/C28H35N5O/c1-17(2)26-22-14-21(20-8-11-32(12-9-20)25(34)15-29-5)6-7-24(22)31-27(26)23-16-33-13-10-30-28(33)19(4)18(23)3/h6-7,10,13-14,16-17,20,29,31H,8-9,11-12,15H2,1-5H3. The number of imidazole rings is 1. The highest BCUT2D eigenvalue weighted by Gasteiger charge is 2.25. The van der Waals surface area contributed by atoms with Gasteiger partial charge in [0.25, 0.3) is 0 Å². The molecule has 0 radical (unpaired) electrons. The minimum atomic E-state index is 0.203. The third-order valence-corrected chi connectivity index (χ3v) is 7.60. The number of piperidine rings is 1. The number of amides is 1. The van der Waals surface area contributed by atoms with Gasteiger partial charge in [0.05, 0.1) is 12.2 Å². The molecule has 1 aromatic carbocycles. The number of carbonyl (C=O) groups is 1. The number of likely N-dealkylation sites (N-methyl/N-ethyl adjacent to an activating group) is 1. The third kappa shape index (κ3) is 3.80. The number of aromatic nitrogens is 3. The van der Waals surface area contributed by atoms with Crippen molar-refractivity contribution in [3.8, 4) is 11.3 Å². The molecule has 178 valence electrons. The number of hydrogen-bond donors (Lipinski definition) is 2. The van der Waals surface area contributed by atoms with Crippen LogP contribution in [0.1, 0.15) is 60.8 Å². The van der Waals surface area contributed by atoms with E-state index in [-0.39, 0.29) is 5.91 Å². The molecule has 1 aliphatic rings. The molecule has 1 aliphatic heterocycles. The van der Waals surface area contributed by atoms with Crippen LogP contribution in [0.25, 0.3) is 27.8 Å². The van der Waals surface area contributed by atoms with Gasteiger partial charge < -0.3 is 19.6 Å². The number of aromatic amines is 1. The number of H-pyrrole nitrogens is 1. The lowest BCUT2D eigenvalue weighted by Gasteiger charge is -2.32. The summed E-state index contributed by atoms with van der Waals surface area (Å²) >= 11 is 0. The van der Waals surface area contributed by atoms with E-state index in [1.807, 2.05) is 24.3 Å². The molecule has 6 nitrogen and oxygen atoms in total. The summed E-state index contributed by atoms with van der Waals surface area (Å²) in [7, 11) is 1.83. The van der Waals surface area contributed by atoms with Crippen LogP contribution in [-0.2, 0) is 4.79 Å². The maximum Gasteiger partial charge on any atom is 0.236 e.